The first-order chi connectivity index (χ1) is 14.9. The molecule has 1 amide bonds. The number of aryl methyl sites for hydroxylation is 2. The minimum atomic E-state index is -0.0415. The number of fused-ring (bicyclic) bond motifs is 1. The van der Waals surface area contributed by atoms with Crippen LogP contribution in [0.4, 0.5) is 0 Å². The lowest BCUT2D eigenvalue weighted by Gasteiger charge is -2.26. The van der Waals surface area contributed by atoms with Gasteiger partial charge in [-0.25, -0.2) is 9.67 Å². The molecule has 0 spiro atoms. The van der Waals surface area contributed by atoms with Crippen LogP contribution < -0.4 is 5.32 Å². The Labute approximate surface area is 188 Å². The van der Waals surface area contributed by atoms with E-state index in [0.29, 0.717) is 12.1 Å². The van der Waals surface area contributed by atoms with E-state index in [0.717, 1.165) is 35.3 Å². The fourth-order valence-electron chi connectivity index (χ4n) is 4.39. The van der Waals surface area contributed by atoms with Crippen LogP contribution in [-0.2, 0) is 0 Å². The maximum atomic E-state index is 13.2. The lowest BCUT2D eigenvalue weighted by Crippen LogP contribution is -2.33. The molecule has 0 aromatic carbocycles. The summed E-state index contributed by atoms with van der Waals surface area (Å²) in [5, 5.41) is 8.48. The van der Waals surface area contributed by atoms with Crippen molar-refractivity contribution in [3.8, 4) is 11.3 Å². The molecule has 1 fully saturated rings. The van der Waals surface area contributed by atoms with Crippen molar-refractivity contribution in [3.63, 3.8) is 0 Å². The second-order valence-corrected chi connectivity index (χ2v) is 10.3. The predicted octanol–water partition coefficient (Wildman–Crippen LogP) is 4.96. The van der Waals surface area contributed by atoms with Crippen molar-refractivity contribution in [2.24, 2.45) is 0 Å². The highest BCUT2D eigenvalue weighted by molar-refractivity contribution is 7.12. The van der Waals surface area contributed by atoms with Gasteiger partial charge in [0.1, 0.15) is 0 Å². The number of carbonyl (C=O) groups excluding carboxylic acids is 1. The van der Waals surface area contributed by atoms with E-state index in [1.54, 1.807) is 17.5 Å². The smallest absolute Gasteiger partial charge is 0.252 e. The molecule has 4 heterocycles. The lowest BCUT2D eigenvalue weighted by atomic mass is 10.1. The number of rotatable bonds is 7. The second-order valence-electron chi connectivity index (χ2n) is 8.81. The van der Waals surface area contributed by atoms with Gasteiger partial charge in [0.05, 0.1) is 22.8 Å². The highest BCUT2D eigenvalue weighted by Crippen LogP contribution is 2.32. The molecule has 0 aliphatic carbocycles. The largest absolute Gasteiger partial charge is 0.352 e. The van der Waals surface area contributed by atoms with Crippen LogP contribution in [0.15, 0.2) is 18.3 Å². The molecule has 4 rings (SSSR count). The van der Waals surface area contributed by atoms with E-state index in [2.05, 4.69) is 49.1 Å². The molecule has 0 unspecified atom stereocenters. The standard InChI is InChI=1S/C24H33N5OS/c1-16(2)29-23-21(15-26-29)20(14-22(27-23)19-13-17(3)31-18(19)4)24(30)25-9-8-12-28-10-6-5-7-11-28/h13-16H,5-12H2,1-4H3,(H,25,30). The second kappa shape index (κ2) is 9.49. The summed E-state index contributed by atoms with van der Waals surface area (Å²) >= 11 is 1.76. The molecule has 1 aliphatic heterocycles. The Hall–Kier alpha value is -2.25. The first-order valence-corrected chi connectivity index (χ1v) is 12.2. The molecule has 7 heteroatoms. The molecule has 0 radical (unpaired) electrons. The van der Waals surface area contributed by atoms with Crippen LogP contribution in [0.2, 0.25) is 0 Å². The number of carbonyl (C=O) groups is 1. The van der Waals surface area contributed by atoms with Gasteiger partial charge < -0.3 is 10.2 Å². The maximum Gasteiger partial charge on any atom is 0.252 e. The highest BCUT2D eigenvalue weighted by atomic mass is 32.1. The molecule has 1 aliphatic rings. The number of likely N-dealkylation sites (tertiary alicyclic amines) is 1. The van der Waals surface area contributed by atoms with Gasteiger partial charge in [0.25, 0.3) is 5.91 Å². The number of nitrogens with one attached hydrogen (secondary N) is 1. The first kappa shape index (κ1) is 22.0. The normalized spacial score (nSPS) is 15.1. The van der Waals surface area contributed by atoms with Crippen LogP contribution in [0.25, 0.3) is 22.3 Å². The molecule has 0 atom stereocenters. The lowest BCUT2D eigenvalue weighted by molar-refractivity contribution is 0.0952. The van der Waals surface area contributed by atoms with Crippen LogP contribution in [0.1, 0.15) is 65.7 Å². The van der Waals surface area contributed by atoms with Crippen LogP contribution in [0.3, 0.4) is 0 Å². The number of pyridine rings is 1. The average molecular weight is 440 g/mol. The zero-order valence-electron chi connectivity index (χ0n) is 19.1. The molecule has 31 heavy (non-hydrogen) atoms. The van der Waals surface area contributed by atoms with E-state index in [9.17, 15) is 4.79 Å². The Kier molecular flexibility index (Phi) is 6.72. The van der Waals surface area contributed by atoms with Crippen LogP contribution >= 0.6 is 11.3 Å². The van der Waals surface area contributed by atoms with Gasteiger partial charge in [-0.2, -0.15) is 5.10 Å². The van der Waals surface area contributed by atoms with Gasteiger partial charge in [0.15, 0.2) is 5.65 Å². The van der Waals surface area contributed by atoms with E-state index >= 15 is 0 Å². The van der Waals surface area contributed by atoms with Gasteiger partial charge >= 0.3 is 0 Å². The van der Waals surface area contributed by atoms with Gasteiger partial charge in [-0.3, -0.25) is 4.79 Å². The van der Waals surface area contributed by atoms with Gasteiger partial charge in [-0.1, -0.05) is 6.42 Å². The zero-order chi connectivity index (χ0) is 22.0. The maximum absolute atomic E-state index is 13.2. The number of nitrogens with zero attached hydrogens (tertiary/aromatic N) is 4. The van der Waals surface area contributed by atoms with E-state index < -0.39 is 0 Å². The predicted molar refractivity (Wildman–Crippen MR) is 128 cm³/mol. The summed E-state index contributed by atoms with van der Waals surface area (Å²) in [4.78, 5) is 23.1. The topological polar surface area (TPSA) is 63.1 Å². The van der Waals surface area contributed by atoms with E-state index in [-0.39, 0.29) is 11.9 Å². The molecular weight excluding hydrogens is 406 g/mol. The van der Waals surface area contributed by atoms with Crippen LogP contribution in [0, 0.1) is 13.8 Å². The van der Waals surface area contributed by atoms with Crippen molar-refractivity contribution >= 4 is 28.3 Å². The monoisotopic (exact) mass is 439 g/mol. The first-order valence-electron chi connectivity index (χ1n) is 11.4. The summed E-state index contributed by atoms with van der Waals surface area (Å²) in [7, 11) is 0. The molecule has 166 valence electrons. The zero-order valence-corrected chi connectivity index (χ0v) is 19.9. The highest BCUT2D eigenvalue weighted by Gasteiger charge is 2.20. The number of amides is 1. The summed E-state index contributed by atoms with van der Waals surface area (Å²) in [6.45, 7) is 12.5. The molecule has 0 bridgehead atoms. The van der Waals surface area contributed by atoms with Crippen molar-refractivity contribution in [2.45, 2.75) is 59.4 Å². The number of piperidine rings is 1. The Morgan fingerprint density at radius 2 is 1.97 bits per heavy atom. The molecule has 1 saturated heterocycles. The fourth-order valence-corrected chi connectivity index (χ4v) is 5.32. The molecule has 1 N–H and O–H groups in total. The number of aromatic nitrogens is 3. The minimum absolute atomic E-state index is 0.0415. The Bertz CT molecular complexity index is 1060. The minimum Gasteiger partial charge on any atom is -0.352 e. The third-order valence-corrected chi connectivity index (χ3v) is 6.97. The quantitative estimate of drug-likeness (QED) is 0.528. The van der Waals surface area contributed by atoms with E-state index in [1.807, 2.05) is 10.7 Å². The van der Waals surface area contributed by atoms with Crippen molar-refractivity contribution in [2.75, 3.05) is 26.2 Å². The summed E-state index contributed by atoms with van der Waals surface area (Å²) in [6.07, 6.45) is 6.69. The van der Waals surface area contributed by atoms with E-state index in [1.165, 1.54) is 42.1 Å². The summed E-state index contributed by atoms with van der Waals surface area (Å²) in [6, 6.07) is 4.26. The van der Waals surface area contributed by atoms with Crippen LogP contribution in [-0.4, -0.2) is 51.8 Å². The van der Waals surface area contributed by atoms with Gasteiger partial charge in [-0.15, -0.1) is 11.3 Å². The van der Waals surface area contributed by atoms with Gasteiger partial charge in [-0.05, 0) is 78.7 Å². The molecule has 3 aromatic heterocycles. The molecular formula is C24H33N5OS. The number of hydrogen-bond acceptors (Lipinski definition) is 5. The Morgan fingerprint density at radius 1 is 1.19 bits per heavy atom. The third-order valence-electron chi connectivity index (χ3n) is 6.00. The SMILES string of the molecule is Cc1cc(-c2cc(C(=O)NCCCN3CCCCC3)c3cnn(C(C)C)c3n2)c(C)s1. The number of thiophene rings is 1. The van der Waals surface area contributed by atoms with E-state index in [4.69, 9.17) is 4.98 Å². The van der Waals surface area contributed by atoms with Crippen molar-refractivity contribution < 1.29 is 4.79 Å². The van der Waals surface area contributed by atoms with Gasteiger partial charge in [0.2, 0.25) is 0 Å². The van der Waals surface area contributed by atoms with Crippen molar-refractivity contribution in [1.29, 1.82) is 0 Å². The third kappa shape index (κ3) is 4.83. The Balaban J connectivity index is 1.58. The Morgan fingerprint density at radius 3 is 2.65 bits per heavy atom. The summed E-state index contributed by atoms with van der Waals surface area (Å²) in [5.74, 6) is -0.0415. The molecule has 3 aromatic rings. The molecule has 6 nitrogen and oxygen atoms in total. The summed E-state index contributed by atoms with van der Waals surface area (Å²) < 4.78 is 1.90. The summed E-state index contributed by atoms with van der Waals surface area (Å²) in [5.41, 5.74) is 3.37. The average Bonchev–Trinajstić information content (AvgIpc) is 3.33. The van der Waals surface area contributed by atoms with Crippen molar-refractivity contribution in [1.82, 2.24) is 25.0 Å². The van der Waals surface area contributed by atoms with Gasteiger partial charge in [0, 0.05) is 27.9 Å². The fraction of sp³-hybridized carbons (Fsp3) is 0.542. The molecule has 0 saturated carbocycles. The number of hydrogen-bond donors (Lipinski definition) is 1. The van der Waals surface area contributed by atoms with Crippen LogP contribution in [0.5, 0.6) is 0 Å². The van der Waals surface area contributed by atoms with Crippen molar-refractivity contribution in [3.05, 3.63) is 33.6 Å².